The van der Waals surface area contributed by atoms with Crippen LogP contribution in [0.25, 0.3) is 0 Å². The van der Waals surface area contributed by atoms with Crippen LogP contribution >= 0.6 is 11.6 Å². The SMILES string of the molecule is CC(=O)Nc1ccc(NC(=O)N2CCN(CC(=O)N3CCCCC3C)CC2)c(Cl)c1. The van der Waals surface area contributed by atoms with Gasteiger partial charge in [0.1, 0.15) is 0 Å². The number of amides is 4. The lowest BCUT2D eigenvalue weighted by Crippen LogP contribution is -2.53. The maximum absolute atomic E-state index is 12.6. The maximum atomic E-state index is 12.6. The second-order valence-electron chi connectivity index (χ2n) is 8.00. The van der Waals surface area contributed by atoms with Crippen molar-refractivity contribution in [3.8, 4) is 0 Å². The summed E-state index contributed by atoms with van der Waals surface area (Å²) < 4.78 is 0. The number of halogens is 1. The molecule has 164 valence electrons. The molecule has 0 bridgehead atoms. The summed E-state index contributed by atoms with van der Waals surface area (Å²) in [6.45, 7) is 7.23. The molecule has 0 spiro atoms. The number of nitrogens with one attached hydrogen (secondary N) is 2. The summed E-state index contributed by atoms with van der Waals surface area (Å²) in [6, 6.07) is 5.05. The fraction of sp³-hybridized carbons (Fsp3) is 0.571. The van der Waals surface area contributed by atoms with Crippen LogP contribution in [0, 0.1) is 0 Å². The van der Waals surface area contributed by atoms with E-state index in [2.05, 4.69) is 22.5 Å². The summed E-state index contributed by atoms with van der Waals surface area (Å²) in [5.74, 6) is 0.0000856. The number of anilines is 2. The zero-order valence-electron chi connectivity index (χ0n) is 17.6. The van der Waals surface area contributed by atoms with Crippen molar-refractivity contribution in [3.05, 3.63) is 23.2 Å². The van der Waals surface area contributed by atoms with Gasteiger partial charge in [0.15, 0.2) is 0 Å². The van der Waals surface area contributed by atoms with Gasteiger partial charge in [0.2, 0.25) is 11.8 Å². The number of likely N-dealkylation sites (tertiary alicyclic amines) is 1. The van der Waals surface area contributed by atoms with E-state index in [1.165, 1.54) is 13.3 Å². The third-order valence-corrected chi connectivity index (χ3v) is 5.99. The van der Waals surface area contributed by atoms with E-state index in [1.807, 2.05) is 4.90 Å². The zero-order chi connectivity index (χ0) is 21.7. The minimum atomic E-state index is -0.222. The number of urea groups is 1. The number of piperazine rings is 1. The maximum Gasteiger partial charge on any atom is 0.321 e. The van der Waals surface area contributed by atoms with Gasteiger partial charge in [-0.15, -0.1) is 0 Å². The first-order valence-corrected chi connectivity index (χ1v) is 10.9. The molecule has 2 N–H and O–H groups in total. The lowest BCUT2D eigenvalue weighted by molar-refractivity contribution is -0.136. The summed E-state index contributed by atoms with van der Waals surface area (Å²) in [5.41, 5.74) is 1.07. The zero-order valence-corrected chi connectivity index (χ0v) is 18.4. The first kappa shape index (κ1) is 22.4. The Balaban J connectivity index is 1.47. The standard InChI is InChI=1S/C21H30ClN5O3/c1-15-5-3-4-8-27(15)20(29)14-25-9-11-26(12-10-25)21(30)24-19-7-6-17(13-18(19)22)23-16(2)28/h6-7,13,15H,3-5,8-12,14H2,1-2H3,(H,23,28)(H,24,30). The highest BCUT2D eigenvalue weighted by Gasteiger charge is 2.27. The number of rotatable bonds is 4. The van der Waals surface area contributed by atoms with Crippen LogP contribution in [-0.2, 0) is 9.59 Å². The Morgan fingerprint density at radius 1 is 1.07 bits per heavy atom. The molecular weight excluding hydrogens is 406 g/mol. The number of hydrogen-bond donors (Lipinski definition) is 2. The molecule has 0 radical (unpaired) electrons. The molecule has 0 saturated carbocycles. The molecule has 9 heteroatoms. The van der Waals surface area contributed by atoms with E-state index in [-0.39, 0.29) is 17.8 Å². The van der Waals surface area contributed by atoms with E-state index in [0.717, 1.165) is 19.4 Å². The first-order valence-electron chi connectivity index (χ1n) is 10.5. The monoisotopic (exact) mass is 435 g/mol. The molecule has 2 aliphatic heterocycles. The quantitative estimate of drug-likeness (QED) is 0.761. The van der Waals surface area contributed by atoms with E-state index in [1.54, 1.807) is 23.1 Å². The summed E-state index contributed by atoms with van der Waals surface area (Å²) in [7, 11) is 0. The molecule has 30 heavy (non-hydrogen) atoms. The van der Waals surface area contributed by atoms with Crippen molar-refractivity contribution in [1.29, 1.82) is 0 Å². The lowest BCUT2D eigenvalue weighted by Gasteiger charge is -2.38. The number of nitrogens with zero attached hydrogens (tertiary/aromatic N) is 3. The van der Waals surface area contributed by atoms with E-state index >= 15 is 0 Å². The number of carbonyl (C=O) groups excluding carboxylic acids is 3. The molecule has 1 aromatic carbocycles. The molecule has 0 aromatic heterocycles. The summed E-state index contributed by atoms with van der Waals surface area (Å²) >= 11 is 6.23. The van der Waals surface area contributed by atoms with Crippen molar-refractivity contribution >= 4 is 40.8 Å². The first-order chi connectivity index (χ1) is 14.3. The molecule has 1 atom stereocenters. The van der Waals surface area contributed by atoms with E-state index in [4.69, 9.17) is 11.6 Å². The van der Waals surface area contributed by atoms with Crippen molar-refractivity contribution in [2.75, 3.05) is 49.9 Å². The van der Waals surface area contributed by atoms with Gasteiger partial charge in [0.25, 0.3) is 0 Å². The third-order valence-electron chi connectivity index (χ3n) is 5.67. The Hall–Kier alpha value is -2.32. The third kappa shape index (κ3) is 5.86. The second-order valence-corrected chi connectivity index (χ2v) is 8.41. The molecule has 4 amide bonds. The predicted molar refractivity (Wildman–Crippen MR) is 118 cm³/mol. The highest BCUT2D eigenvalue weighted by atomic mass is 35.5. The molecule has 1 aromatic rings. The Kier molecular flexibility index (Phi) is 7.55. The van der Waals surface area contributed by atoms with Crippen molar-refractivity contribution in [1.82, 2.24) is 14.7 Å². The van der Waals surface area contributed by atoms with Crippen LogP contribution in [0.15, 0.2) is 18.2 Å². The van der Waals surface area contributed by atoms with Gasteiger partial charge in [0.05, 0.1) is 17.3 Å². The van der Waals surface area contributed by atoms with E-state index in [0.29, 0.717) is 55.2 Å². The molecule has 0 aliphatic carbocycles. The second kappa shape index (κ2) is 10.1. The highest BCUT2D eigenvalue weighted by molar-refractivity contribution is 6.34. The van der Waals surface area contributed by atoms with E-state index < -0.39 is 0 Å². The Bertz CT molecular complexity index is 795. The smallest absolute Gasteiger partial charge is 0.321 e. The lowest BCUT2D eigenvalue weighted by atomic mass is 10.0. The number of hydrogen-bond acceptors (Lipinski definition) is 4. The molecule has 2 saturated heterocycles. The average molecular weight is 436 g/mol. The molecule has 3 rings (SSSR count). The molecule has 8 nitrogen and oxygen atoms in total. The number of benzene rings is 1. The van der Waals surface area contributed by atoms with Crippen LogP contribution in [0.1, 0.15) is 33.1 Å². The minimum absolute atomic E-state index is 0.186. The van der Waals surface area contributed by atoms with Crippen molar-refractivity contribution < 1.29 is 14.4 Å². The fourth-order valence-corrected chi connectivity index (χ4v) is 4.18. The number of carbonyl (C=O) groups is 3. The van der Waals surface area contributed by atoms with Crippen LogP contribution in [-0.4, -0.2) is 77.9 Å². The number of piperidine rings is 1. The van der Waals surface area contributed by atoms with Crippen molar-refractivity contribution in [2.45, 2.75) is 39.2 Å². The van der Waals surface area contributed by atoms with Gasteiger partial charge >= 0.3 is 6.03 Å². The predicted octanol–water partition coefficient (Wildman–Crippen LogP) is 2.85. The normalized spacial score (nSPS) is 20.0. The fourth-order valence-electron chi connectivity index (χ4n) is 3.95. The van der Waals surface area contributed by atoms with Crippen LogP contribution in [0.3, 0.4) is 0 Å². The molecule has 2 fully saturated rings. The molecule has 1 unspecified atom stereocenters. The Labute approximate surface area is 182 Å². The topological polar surface area (TPSA) is 85.0 Å². The van der Waals surface area contributed by atoms with Gasteiger partial charge in [-0.2, -0.15) is 0 Å². The van der Waals surface area contributed by atoms with Crippen LogP contribution in [0.2, 0.25) is 5.02 Å². The molecular formula is C21H30ClN5O3. The Morgan fingerprint density at radius 3 is 2.43 bits per heavy atom. The minimum Gasteiger partial charge on any atom is -0.339 e. The van der Waals surface area contributed by atoms with Gasteiger partial charge < -0.3 is 20.4 Å². The van der Waals surface area contributed by atoms with Crippen molar-refractivity contribution in [3.63, 3.8) is 0 Å². The highest BCUT2D eigenvalue weighted by Crippen LogP contribution is 2.26. The molecule has 2 heterocycles. The van der Waals surface area contributed by atoms with Gasteiger partial charge in [-0.3, -0.25) is 14.5 Å². The molecule has 2 aliphatic rings. The van der Waals surface area contributed by atoms with Crippen molar-refractivity contribution in [2.24, 2.45) is 0 Å². The summed E-state index contributed by atoms with van der Waals surface area (Å²) in [4.78, 5) is 42.2. The largest absolute Gasteiger partial charge is 0.339 e. The summed E-state index contributed by atoms with van der Waals surface area (Å²) in [5, 5.41) is 5.83. The summed E-state index contributed by atoms with van der Waals surface area (Å²) in [6.07, 6.45) is 3.35. The van der Waals surface area contributed by atoms with E-state index in [9.17, 15) is 14.4 Å². The van der Waals surface area contributed by atoms with Crippen LogP contribution in [0.4, 0.5) is 16.2 Å². The van der Waals surface area contributed by atoms with Crippen LogP contribution in [0.5, 0.6) is 0 Å². The van der Waals surface area contributed by atoms with Crippen LogP contribution < -0.4 is 10.6 Å². The average Bonchev–Trinajstić information content (AvgIpc) is 2.70. The van der Waals surface area contributed by atoms with Gasteiger partial charge in [-0.25, -0.2) is 4.79 Å². The van der Waals surface area contributed by atoms with Gasteiger partial charge in [-0.1, -0.05) is 11.6 Å². The van der Waals surface area contributed by atoms with Gasteiger partial charge in [0, 0.05) is 51.4 Å². The van der Waals surface area contributed by atoms with Gasteiger partial charge in [-0.05, 0) is 44.4 Å². The Morgan fingerprint density at radius 2 is 1.80 bits per heavy atom.